The van der Waals surface area contributed by atoms with E-state index in [9.17, 15) is 4.79 Å². The van der Waals surface area contributed by atoms with Gasteiger partial charge in [-0.15, -0.1) is 0 Å². The van der Waals surface area contributed by atoms with E-state index in [1.165, 1.54) is 0 Å². The molecule has 1 N–H and O–H groups in total. The third kappa shape index (κ3) is 3.72. The molecule has 0 saturated carbocycles. The molecule has 9 heteroatoms. The van der Waals surface area contributed by atoms with Crippen LogP contribution in [0.5, 0.6) is 0 Å². The van der Waals surface area contributed by atoms with Crippen molar-refractivity contribution in [3.8, 4) is 5.95 Å². The highest BCUT2D eigenvalue weighted by atomic mass is 35.5. The van der Waals surface area contributed by atoms with E-state index in [1.54, 1.807) is 20.4 Å². The standard InChI is InChI=1S/C17H20ClN5O3/c1-25-9-7-22(8-10-26-2)14-11-19-23(16(24)15(14)18)17-20-12-5-3-4-6-13(12)21-17/h3-6,11H,7-10H2,1-2H3,(H,20,21). The van der Waals surface area contributed by atoms with Gasteiger partial charge in [0.15, 0.2) is 0 Å². The summed E-state index contributed by atoms with van der Waals surface area (Å²) in [5.74, 6) is 0.324. The number of hydrogen-bond donors (Lipinski definition) is 1. The Labute approximate surface area is 155 Å². The number of anilines is 1. The Hall–Kier alpha value is -2.42. The molecule has 0 amide bonds. The van der Waals surface area contributed by atoms with Crippen LogP contribution in [-0.4, -0.2) is 60.3 Å². The summed E-state index contributed by atoms with van der Waals surface area (Å²) in [5, 5.41) is 4.32. The quantitative estimate of drug-likeness (QED) is 0.645. The van der Waals surface area contributed by atoms with Crippen molar-refractivity contribution in [3.05, 3.63) is 45.8 Å². The van der Waals surface area contributed by atoms with E-state index in [0.717, 1.165) is 15.7 Å². The number of hydrogen-bond acceptors (Lipinski definition) is 6. The van der Waals surface area contributed by atoms with E-state index in [0.29, 0.717) is 37.9 Å². The van der Waals surface area contributed by atoms with Crippen molar-refractivity contribution in [2.45, 2.75) is 0 Å². The lowest BCUT2D eigenvalue weighted by Gasteiger charge is -2.24. The maximum atomic E-state index is 12.7. The molecule has 0 saturated heterocycles. The Morgan fingerprint density at radius 3 is 2.54 bits per heavy atom. The minimum absolute atomic E-state index is 0.0765. The zero-order valence-corrected chi connectivity index (χ0v) is 15.4. The summed E-state index contributed by atoms with van der Waals surface area (Å²) in [6.07, 6.45) is 1.56. The molecule has 0 radical (unpaired) electrons. The van der Waals surface area contributed by atoms with Gasteiger partial charge in [-0.05, 0) is 12.1 Å². The molecule has 0 unspecified atom stereocenters. The van der Waals surface area contributed by atoms with Gasteiger partial charge in [-0.3, -0.25) is 4.79 Å². The Morgan fingerprint density at radius 1 is 1.19 bits per heavy atom. The number of rotatable bonds is 8. The summed E-state index contributed by atoms with van der Waals surface area (Å²) in [4.78, 5) is 22.1. The van der Waals surface area contributed by atoms with Gasteiger partial charge in [0.2, 0.25) is 5.95 Å². The summed E-state index contributed by atoms with van der Waals surface area (Å²) in [6, 6.07) is 7.50. The van der Waals surface area contributed by atoms with Crippen LogP contribution in [-0.2, 0) is 9.47 Å². The lowest BCUT2D eigenvalue weighted by Crippen LogP contribution is -2.33. The third-order valence-corrected chi connectivity index (χ3v) is 4.30. The third-order valence-electron chi connectivity index (χ3n) is 3.95. The maximum Gasteiger partial charge on any atom is 0.295 e. The number of ether oxygens (including phenoxy) is 2. The molecule has 26 heavy (non-hydrogen) atoms. The molecule has 2 aromatic heterocycles. The fraction of sp³-hybridized carbons (Fsp3) is 0.353. The van der Waals surface area contributed by atoms with E-state index in [-0.39, 0.29) is 5.02 Å². The number of halogens is 1. The second-order valence-electron chi connectivity index (χ2n) is 5.61. The zero-order valence-electron chi connectivity index (χ0n) is 14.6. The van der Waals surface area contributed by atoms with Crippen LogP contribution in [0.4, 0.5) is 5.69 Å². The largest absolute Gasteiger partial charge is 0.383 e. The van der Waals surface area contributed by atoms with E-state index in [1.807, 2.05) is 29.2 Å². The Morgan fingerprint density at radius 2 is 1.88 bits per heavy atom. The number of nitrogens with one attached hydrogen (secondary N) is 1. The van der Waals surface area contributed by atoms with Crippen LogP contribution in [0.25, 0.3) is 17.0 Å². The van der Waals surface area contributed by atoms with Gasteiger partial charge in [0.05, 0.1) is 36.1 Å². The fourth-order valence-corrected chi connectivity index (χ4v) is 2.84. The topological polar surface area (TPSA) is 85.3 Å². The number of imidazole rings is 1. The first-order chi connectivity index (χ1) is 12.7. The van der Waals surface area contributed by atoms with E-state index >= 15 is 0 Å². The van der Waals surface area contributed by atoms with Gasteiger partial charge in [-0.1, -0.05) is 23.7 Å². The van der Waals surface area contributed by atoms with Crippen molar-refractivity contribution in [1.82, 2.24) is 19.7 Å². The number of nitrogens with zero attached hydrogens (tertiary/aromatic N) is 4. The highest BCUT2D eigenvalue weighted by Crippen LogP contribution is 2.21. The van der Waals surface area contributed by atoms with Gasteiger partial charge in [0, 0.05) is 27.3 Å². The molecule has 2 heterocycles. The van der Waals surface area contributed by atoms with Crippen molar-refractivity contribution in [2.24, 2.45) is 0 Å². The molecule has 0 bridgehead atoms. The molecule has 0 fully saturated rings. The van der Waals surface area contributed by atoms with Crippen molar-refractivity contribution in [1.29, 1.82) is 0 Å². The minimum atomic E-state index is -0.442. The summed E-state index contributed by atoms with van der Waals surface area (Å²) in [5.41, 5.74) is 1.66. The number of aromatic amines is 1. The number of methoxy groups -OCH3 is 2. The van der Waals surface area contributed by atoms with Crippen LogP contribution in [0, 0.1) is 0 Å². The molecule has 3 aromatic rings. The van der Waals surface area contributed by atoms with Gasteiger partial charge < -0.3 is 19.4 Å². The van der Waals surface area contributed by atoms with E-state index in [2.05, 4.69) is 15.1 Å². The number of fused-ring (bicyclic) bond motifs is 1. The van der Waals surface area contributed by atoms with Crippen molar-refractivity contribution >= 4 is 28.3 Å². The summed E-state index contributed by atoms with van der Waals surface area (Å²) < 4.78 is 11.4. The molecule has 0 aliphatic rings. The van der Waals surface area contributed by atoms with Crippen molar-refractivity contribution in [2.75, 3.05) is 45.4 Å². The maximum absolute atomic E-state index is 12.7. The average Bonchev–Trinajstić information content (AvgIpc) is 3.08. The zero-order chi connectivity index (χ0) is 18.5. The smallest absolute Gasteiger partial charge is 0.295 e. The predicted molar refractivity (Wildman–Crippen MR) is 100 cm³/mol. The molecular formula is C17H20ClN5O3. The van der Waals surface area contributed by atoms with Crippen LogP contribution in [0.3, 0.4) is 0 Å². The van der Waals surface area contributed by atoms with Crippen molar-refractivity contribution < 1.29 is 9.47 Å². The SMILES string of the molecule is COCCN(CCOC)c1cnn(-c2nc3ccccc3[nH]2)c(=O)c1Cl. The number of para-hydroxylation sites is 2. The molecule has 138 valence electrons. The lowest BCUT2D eigenvalue weighted by molar-refractivity contribution is 0.190. The van der Waals surface area contributed by atoms with Crippen molar-refractivity contribution in [3.63, 3.8) is 0 Å². The molecule has 0 spiro atoms. The molecule has 0 atom stereocenters. The van der Waals surface area contributed by atoms with Gasteiger partial charge in [0.25, 0.3) is 5.56 Å². The van der Waals surface area contributed by atoms with Crippen LogP contribution < -0.4 is 10.5 Å². The van der Waals surface area contributed by atoms with Gasteiger partial charge in [-0.2, -0.15) is 9.78 Å². The molecule has 0 aliphatic carbocycles. The van der Waals surface area contributed by atoms with Crippen LogP contribution in [0.2, 0.25) is 5.02 Å². The predicted octanol–water partition coefficient (Wildman–Crippen LogP) is 1.86. The van der Waals surface area contributed by atoms with Crippen LogP contribution >= 0.6 is 11.6 Å². The minimum Gasteiger partial charge on any atom is -0.383 e. The van der Waals surface area contributed by atoms with Gasteiger partial charge in [-0.25, -0.2) is 4.98 Å². The van der Waals surface area contributed by atoms with Crippen LogP contribution in [0.15, 0.2) is 35.3 Å². The summed E-state index contributed by atoms with van der Waals surface area (Å²) in [7, 11) is 3.24. The lowest BCUT2D eigenvalue weighted by atomic mass is 10.3. The average molecular weight is 378 g/mol. The first-order valence-corrected chi connectivity index (χ1v) is 8.49. The first kappa shape index (κ1) is 18.4. The number of benzene rings is 1. The number of H-pyrrole nitrogens is 1. The van der Waals surface area contributed by atoms with E-state index < -0.39 is 5.56 Å². The molecule has 1 aromatic carbocycles. The normalized spacial score (nSPS) is 11.2. The Kier molecular flexibility index (Phi) is 5.87. The molecule has 0 aliphatic heterocycles. The Balaban J connectivity index is 1.97. The summed E-state index contributed by atoms with van der Waals surface area (Å²) >= 11 is 6.36. The number of aromatic nitrogens is 4. The van der Waals surface area contributed by atoms with Gasteiger partial charge >= 0.3 is 0 Å². The molecular weight excluding hydrogens is 358 g/mol. The molecule has 3 rings (SSSR count). The Bertz CT molecular complexity index is 899. The van der Waals surface area contributed by atoms with Gasteiger partial charge in [0.1, 0.15) is 5.02 Å². The summed E-state index contributed by atoms with van der Waals surface area (Å²) in [6.45, 7) is 2.12. The fourth-order valence-electron chi connectivity index (χ4n) is 2.59. The molecule has 8 nitrogen and oxygen atoms in total. The second kappa shape index (κ2) is 8.31. The highest BCUT2D eigenvalue weighted by molar-refractivity contribution is 6.33. The van der Waals surface area contributed by atoms with Crippen LogP contribution in [0.1, 0.15) is 0 Å². The first-order valence-electron chi connectivity index (χ1n) is 8.11. The second-order valence-corrected chi connectivity index (χ2v) is 5.99. The monoisotopic (exact) mass is 377 g/mol. The van der Waals surface area contributed by atoms with E-state index in [4.69, 9.17) is 21.1 Å². The highest BCUT2D eigenvalue weighted by Gasteiger charge is 2.17.